The van der Waals surface area contributed by atoms with Gasteiger partial charge in [-0.2, -0.15) is 0 Å². The second-order valence-electron chi connectivity index (χ2n) is 18.6. The molecule has 0 aromatic heterocycles. The number of carbonyl (C=O) groups excluding carboxylic acids is 2. The zero-order chi connectivity index (χ0) is 46.6. The van der Waals surface area contributed by atoms with E-state index in [4.69, 9.17) is 58.0 Å². The number of ether oxygens (including phenoxy) is 3. The van der Waals surface area contributed by atoms with Crippen molar-refractivity contribution in [1.29, 1.82) is 10.8 Å². The quantitative estimate of drug-likeness (QED) is 0.0785. The molecule has 65 heavy (non-hydrogen) atoms. The number of carbonyl (C=O) groups is 2. The minimum Gasteiger partial charge on any atom is -0.504 e. The molecule has 6 fully saturated rings. The van der Waals surface area contributed by atoms with Crippen LogP contribution < -0.4 is 16.0 Å². The minimum absolute atomic E-state index is 0.0328. The van der Waals surface area contributed by atoms with E-state index in [9.17, 15) is 14.7 Å². The standard InChI is InChI=1S/C22H19ClO3.C17H28O5.C11H16ClN5/c23-16-11-9-14(10-12-16)13-5-7-15(8-6-13)19-20(24)17-3-1-2-4-18(17)21(25)22(19)26;1-5-18-14-11(3)13-7-6-10(2)12-8-9-16(4)20-15(19-14)17(12,13)22-21-16;1-7(2)15-10(13)17-11(14)16-9-5-3-8(12)4-6-9/h1-4,9-13,15,26H,5-8H2;10-15H,5-9H2,1-4H3;3-7H,1-2H3,(H5,13,14,15,16,17)/t13-,15-;10-,11-,12+,13+,14+,15-,16?,17-;/m.1./s1. The Morgan fingerprint density at radius 1 is 0.815 bits per heavy atom. The molecule has 3 aromatic rings. The molecule has 2 bridgehead atoms. The van der Waals surface area contributed by atoms with Crippen LogP contribution in [0.2, 0.25) is 10.0 Å². The maximum Gasteiger partial charge on any atom is 0.228 e. The number of benzene rings is 3. The van der Waals surface area contributed by atoms with Crippen LogP contribution >= 0.6 is 23.2 Å². The van der Waals surface area contributed by atoms with Gasteiger partial charge >= 0.3 is 0 Å². The van der Waals surface area contributed by atoms with Gasteiger partial charge in [-0.05, 0) is 138 Å². The van der Waals surface area contributed by atoms with Crippen molar-refractivity contribution in [2.75, 3.05) is 11.9 Å². The van der Waals surface area contributed by atoms with Crippen molar-refractivity contribution >= 4 is 52.4 Å². The summed E-state index contributed by atoms with van der Waals surface area (Å²) in [6.07, 6.45) is 7.08. The van der Waals surface area contributed by atoms with Gasteiger partial charge in [-0.3, -0.25) is 25.7 Å². The molecule has 1 unspecified atom stereocenters. The highest BCUT2D eigenvalue weighted by molar-refractivity contribution is 6.31. The van der Waals surface area contributed by atoms with Gasteiger partial charge in [-0.25, -0.2) is 9.78 Å². The zero-order valence-corrected chi connectivity index (χ0v) is 39.6. The summed E-state index contributed by atoms with van der Waals surface area (Å²) in [6, 6.07) is 21.8. The fourth-order valence-corrected chi connectivity index (χ4v) is 10.8. The highest BCUT2D eigenvalue weighted by Crippen LogP contribution is 2.60. The number of allylic oxidation sites excluding steroid dienone is 2. The van der Waals surface area contributed by atoms with Crippen molar-refractivity contribution in [1.82, 2.24) is 10.6 Å². The van der Waals surface area contributed by atoms with Gasteiger partial charge in [0.15, 0.2) is 41.6 Å². The minimum atomic E-state index is -0.700. The van der Waals surface area contributed by atoms with Gasteiger partial charge in [0.1, 0.15) is 0 Å². The predicted octanol–water partition coefficient (Wildman–Crippen LogP) is 10.9. The topological polar surface area (TPSA) is 184 Å². The molecule has 3 aromatic carbocycles. The molecular formula is C50H63Cl2N5O8. The lowest BCUT2D eigenvalue weighted by atomic mass is 9.58. The van der Waals surface area contributed by atoms with Crippen molar-refractivity contribution in [2.24, 2.45) is 29.6 Å². The molecule has 2 saturated carbocycles. The van der Waals surface area contributed by atoms with E-state index in [1.165, 1.54) is 12.0 Å². The average molecular weight is 933 g/mol. The van der Waals surface area contributed by atoms with Crippen molar-refractivity contribution in [3.8, 4) is 0 Å². The third-order valence-corrected chi connectivity index (χ3v) is 14.3. The molecule has 0 amide bonds. The number of rotatable bonds is 6. The van der Waals surface area contributed by atoms with Crippen LogP contribution in [0, 0.1) is 40.4 Å². The van der Waals surface area contributed by atoms with Crippen LogP contribution in [0.1, 0.15) is 125 Å². The SMILES string of the molecule is CC(C)NC(=N)NC(=N)Nc1ccc(Cl)cc1.CCO[C@H]1O[C@@H]2OC3(C)CC[C@H]4[C@H](C)CC[C@@H]([C@H]1C)[C@@]24OO3.O=C1C(O)=C([C@H]2CC[C@H](c3ccc(Cl)cc3)CC2)C(=O)c2ccccc21. The second kappa shape index (κ2) is 20.7. The Labute approximate surface area is 392 Å². The number of nitrogens with one attached hydrogen (secondary N) is 5. The van der Waals surface area contributed by atoms with Crippen LogP contribution in [0.25, 0.3) is 0 Å². The third-order valence-electron chi connectivity index (χ3n) is 13.8. The van der Waals surface area contributed by atoms with Gasteiger partial charge in [0, 0.05) is 63.3 Å². The van der Waals surface area contributed by atoms with E-state index in [0.29, 0.717) is 52.0 Å². The first kappa shape index (κ1) is 48.6. The largest absolute Gasteiger partial charge is 0.504 e. The molecule has 4 heterocycles. The smallest absolute Gasteiger partial charge is 0.228 e. The van der Waals surface area contributed by atoms with Gasteiger partial charge < -0.3 is 30.0 Å². The Morgan fingerprint density at radius 2 is 1.43 bits per heavy atom. The number of anilines is 1. The average Bonchev–Trinajstić information content (AvgIpc) is 3.51. The van der Waals surface area contributed by atoms with Gasteiger partial charge in [0.05, 0.1) is 0 Å². The molecular weight excluding hydrogens is 869 g/mol. The molecule has 3 aliphatic carbocycles. The molecule has 0 radical (unpaired) electrons. The Balaban J connectivity index is 0.000000149. The molecule has 8 atom stereocenters. The summed E-state index contributed by atoms with van der Waals surface area (Å²) in [4.78, 5) is 37.2. The summed E-state index contributed by atoms with van der Waals surface area (Å²) in [5.41, 5.74) is 2.54. The first-order chi connectivity index (χ1) is 31.0. The van der Waals surface area contributed by atoms with E-state index in [0.717, 1.165) is 55.7 Å². The van der Waals surface area contributed by atoms with Crippen molar-refractivity contribution in [2.45, 2.75) is 129 Å². The van der Waals surface area contributed by atoms with Crippen molar-refractivity contribution < 1.29 is 38.7 Å². The molecule has 7 aliphatic rings. The first-order valence-electron chi connectivity index (χ1n) is 23.0. The number of aliphatic hydroxyl groups is 1. The fourth-order valence-electron chi connectivity index (χ4n) is 10.6. The molecule has 4 saturated heterocycles. The van der Waals surface area contributed by atoms with Crippen LogP contribution in [0.4, 0.5) is 5.69 Å². The van der Waals surface area contributed by atoms with Gasteiger partial charge in [-0.15, -0.1) is 0 Å². The molecule has 13 nitrogen and oxygen atoms in total. The van der Waals surface area contributed by atoms with E-state index >= 15 is 0 Å². The summed E-state index contributed by atoms with van der Waals surface area (Å²) in [5.74, 6) is 0.443. The predicted molar refractivity (Wildman–Crippen MR) is 251 cm³/mol. The second-order valence-corrected chi connectivity index (χ2v) is 19.5. The number of halogens is 2. The zero-order valence-electron chi connectivity index (χ0n) is 38.0. The number of fused-ring (bicyclic) bond motifs is 3. The van der Waals surface area contributed by atoms with Crippen molar-refractivity contribution in [3.05, 3.63) is 111 Å². The van der Waals surface area contributed by atoms with E-state index < -0.39 is 17.2 Å². The lowest BCUT2D eigenvalue weighted by molar-refractivity contribution is -0.577. The Hall–Kier alpha value is -4.34. The monoisotopic (exact) mass is 931 g/mol. The maximum atomic E-state index is 12.9. The van der Waals surface area contributed by atoms with Gasteiger partial charge in [-0.1, -0.05) is 73.4 Å². The van der Waals surface area contributed by atoms with Crippen LogP contribution in [-0.4, -0.2) is 65.2 Å². The van der Waals surface area contributed by atoms with E-state index in [-0.39, 0.29) is 53.9 Å². The van der Waals surface area contributed by atoms with E-state index in [1.807, 2.05) is 39.8 Å². The molecule has 6 N–H and O–H groups in total. The van der Waals surface area contributed by atoms with Crippen LogP contribution in [0.3, 0.4) is 0 Å². The van der Waals surface area contributed by atoms with E-state index in [1.54, 1.807) is 48.5 Å². The summed E-state index contributed by atoms with van der Waals surface area (Å²) in [7, 11) is 0. The highest BCUT2D eigenvalue weighted by Gasteiger charge is 2.69. The molecule has 1 spiro atoms. The molecule has 10 rings (SSSR count). The highest BCUT2D eigenvalue weighted by atomic mass is 35.5. The number of guanidine groups is 2. The molecule has 15 heteroatoms. The summed E-state index contributed by atoms with van der Waals surface area (Å²) >= 11 is 11.7. The van der Waals surface area contributed by atoms with Crippen molar-refractivity contribution in [3.63, 3.8) is 0 Å². The molecule has 350 valence electrons. The van der Waals surface area contributed by atoms with Gasteiger partial charge in [0.25, 0.3) is 0 Å². The third kappa shape index (κ3) is 10.6. The normalized spacial score (nSPS) is 31.2. The van der Waals surface area contributed by atoms with Gasteiger partial charge in [0.2, 0.25) is 11.6 Å². The Morgan fingerprint density at radius 3 is 2.06 bits per heavy atom. The lowest BCUT2D eigenvalue weighted by Gasteiger charge is -2.60. The van der Waals surface area contributed by atoms with Crippen LogP contribution in [0.5, 0.6) is 0 Å². The maximum absolute atomic E-state index is 12.9. The summed E-state index contributed by atoms with van der Waals surface area (Å²) < 4.78 is 18.3. The van der Waals surface area contributed by atoms with E-state index in [2.05, 4.69) is 41.9 Å². The van der Waals surface area contributed by atoms with Crippen LogP contribution in [-0.2, 0) is 24.0 Å². The fraction of sp³-hybridized carbons (Fsp3) is 0.520. The number of hydrogen-bond acceptors (Lipinski definition) is 10. The number of aliphatic hydroxyl groups excluding tert-OH is 1. The number of ketones is 2. The Bertz CT molecular complexity index is 2230. The summed E-state index contributed by atoms with van der Waals surface area (Å²) in [6.45, 7) is 13.0. The van der Waals surface area contributed by atoms with Crippen LogP contribution in [0.15, 0.2) is 84.1 Å². The molecule has 4 aliphatic heterocycles. The first-order valence-corrected chi connectivity index (χ1v) is 23.7. The Kier molecular flexibility index (Phi) is 15.5. The lowest BCUT2D eigenvalue weighted by Crippen LogP contribution is -2.70. The number of Topliss-reactive ketones (excluding diaryl/α,β-unsaturated/α-hetero) is 2. The summed E-state index contributed by atoms with van der Waals surface area (Å²) in [5, 5.41) is 35.2. The number of hydrogen-bond donors (Lipinski definition) is 6.